The second kappa shape index (κ2) is 8.78. The van der Waals surface area contributed by atoms with Crippen LogP contribution < -0.4 is 28.4 Å². The van der Waals surface area contributed by atoms with Crippen LogP contribution in [0.1, 0.15) is 36.5 Å². The van der Waals surface area contributed by atoms with Crippen LogP contribution in [-0.4, -0.2) is 42.7 Å². The fraction of sp³-hybridized carbons (Fsp3) is 0.417. The summed E-state index contributed by atoms with van der Waals surface area (Å²) in [6.45, 7) is 4.32. The van der Waals surface area contributed by atoms with E-state index < -0.39 is 0 Å². The van der Waals surface area contributed by atoms with Crippen LogP contribution in [0.4, 0.5) is 0 Å². The maximum Gasteiger partial charge on any atom is 0.165 e. The molecule has 1 aliphatic carbocycles. The average molecular weight is 414 g/mol. The number of methoxy groups -OCH3 is 6. The number of hydrogen-bond donors (Lipinski definition) is 0. The van der Waals surface area contributed by atoms with Crippen molar-refractivity contribution in [2.75, 3.05) is 42.7 Å². The van der Waals surface area contributed by atoms with Crippen molar-refractivity contribution >= 4 is 6.08 Å². The molecule has 6 heteroatoms. The van der Waals surface area contributed by atoms with Crippen molar-refractivity contribution < 1.29 is 28.4 Å². The van der Waals surface area contributed by atoms with Crippen LogP contribution in [0.2, 0.25) is 0 Å². The van der Waals surface area contributed by atoms with Crippen LogP contribution in [0.15, 0.2) is 23.8 Å². The Morgan fingerprint density at radius 2 is 1.17 bits per heavy atom. The Balaban J connectivity index is 2.40. The van der Waals surface area contributed by atoms with Gasteiger partial charge in [0.05, 0.1) is 42.7 Å². The Labute approximate surface area is 178 Å². The van der Waals surface area contributed by atoms with Gasteiger partial charge >= 0.3 is 0 Å². The minimum atomic E-state index is -0.0706. The van der Waals surface area contributed by atoms with Crippen LogP contribution in [0.25, 0.3) is 6.08 Å². The minimum Gasteiger partial charge on any atom is -0.496 e. The molecule has 0 bridgehead atoms. The molecular weight excluding hydrogens is 384 g/mol. The smallest absolute Gasteiger partial charge is 0.165 e. The first-order chi connectivity index (χ1) is 14.4. The monoisotopic (exact) mass is 414 g/mol. The third-order valence-corrected chi connectivity index (χ3v) is 5.90. The van der Waals surface area contributed by atoms with E-state index in [0.717, 1.165) is 22.4 Å². The molecule has 6 nitrogen and oxygen atoms in total. The lowest BCUT2D eigenvalue weighted by Gasteiger charge is -2.34. The van der Waals surface area contributed by atoms with Gasteiger partial charge in [-0.3, -0.25) is 0 Å². The second-order valence-electron chi connectivity index (χ2n) is 7.25. The minimum absolute atomic E-state index is 0.0706. The van der Waals surface area contributed by atoms with Crippen LogP contribution in [0.3, 0.4) is 0 Å². The van der Waals surface area contributed by atoms with Gasteiger partial charge in [0.25, 0.3) is 0 Å². The lowest BCUT2D eigenvalue weighted by molar-refractivity contribution is 0.337. The standard InChI is InChI=1S/C24H30O6/c1-13-9-15-18(26-4)12-21(29-7)24(30-8)23(15)22(14(13)2)16-10-19(27-5)20(28-6)11-17(16)25-3/h9-12,14,22H,1-8H3/t14-,22?/m0/s1. The molecule has 0 radical (unpaired) electrons. The molecule has 2 aromatic carbocycles. The molecule has 0 heterocycles. The van der Waals surface area contributed by atoms with Gasteiger partial charge < -0.3 is 28.4 Å². The SMILES string of the molecule is COc1cc(OC)c(C2c3c(c(OC)cc(OC)c3OC)C=C(C)[C@@H]2C)cc1OC. The topological polar surface area (TPSA) is 55.4 Å². The number of ether oxygens (including phenoxy) is 6. The number of fused-ring (bicyclic) bond motifs is 1. The Hall–Kier alpha value is -3.02. The summed E-state index contributed by atoms with van der Waals surface area (Å²) in [5.41, 5.74) is 4.18. The molecule has 0 spiro atoms. The van der Waals surface area contributed by atoms with Crippen molar-refractivity contribution in [3.63, 3.8) is 0 Å². The van der Waals surface area contributed by atoms with Gasteiger partial charge in [-0.05, 0) is 18.9 Å². The molecule has 1 unspecified atom stereocenters. The van der Waals surface area contributed by atoms with Crippen molar-refractivity contribution in [2.24, 2.45) is 5.92 Å². The fourth-order valence-corrected chi connectivity index (χ4v) is 4.23. The van der Waals surface area contributed by atoms with Gasteiger partial charge in [-0.15, -0.1) is 0 Å². The van der Waals surface area contributed by atoms with Crippen LogP contribution in [0.5, 0.6) is 34.5 Å². The van der Waals surface area contributed by atoms with Gasteiger partial charge in [0.1, 0.15) is 11.5 Å². The summed E-state index contributed by atoms with van der Waals surface area (Å²) in [7, 11) is 9.84. The van der Waals surface area contributed by atoms with E-state index in [-0.39, 0.29) is 11.8 Å². The zero-order valence-corrected chi connectivity index (χ0v) is 18.9. The summed E-state index contributed by atoms with van der Waals surface area (Å²) in [4.78, 5) is 0. The molecule has 3 rings (SSSR count). The number of rotatable bonds is 7. The van der Waals surface area contributed by atoms with Crippen molar-refractivity contribution in [1.29, 1.82) is 0 Å². The zero-order valence-electron chi connectivity index (χ0n) is 18.9. The molecule has 0 aromatic heterocycles. The highest BCUT2D eigenvalue weighted by molar-refractivity contribution is 5.75. The Kier molecular flexibility index (Phi) is 6.34. The lowest BCUT2D eigenvalue weighted by Crippen LogP contribution is -2.20. The van der Waals surface area contributed by atoms with E-state index in [1.165, 1.54) is 5.57 Å². The predicted octanol–water partition coefficient (Wildman–Crippen LogP) is 4.92. The van der Waals surface area contributed by atoms with Crippen LogP contribution in [0, 0.1) is 5.92 Å². The van der Waals surface area contributed by atoms with Gasteiger partial charge in [0.2, 0.25) is 0 Å². The zero-order chi connectivity index (χ0) is 22.0. The molecule has 1 aliphatic rings. The van der Waals surface area contributed by atoms with Gasteiger partial charge in [-0.2, -0.15) is 0 Å². The molecule has 30 heavy (non-hydrogen) atoms. The highest BCUT2D eigenvalue weighted by Gasteiger charge is 2.36. The fourth-order valence-electron chi connectivity index (χ4n) is 4.23. The van der Waals surface area contributed by atoms with E-state index in [4.69, 9.17) is 28.4 Å². The van der Waals surface area contributed by atoms with Gasteiger partial charge in [0.15, 0.2) is 23.0 Å². The summed E-state index contributed by atoms with van der Waals surface area (Å²) < 4.78 is 34.0. The highest BCUT2D eigenvalue weighted by atomic mass is 16.5. The first-order valence-corrected chi connectivity index (χ1v) is 9.76. The quantitative estimate of drug-likeness (QED) is 0.641. The molecule has 2 aromatic rings. The van der Waals surface area contributed by atoms with E-state index in [1.54, 1.807) is 42.7 Å². The number of hydrogen-bond acceptors (Lipinski definition) is 6. The molecular formula is C24H30O6. The predicted molar refractivity (Wildman–Crippen MR) is 117 cm³/mol. The van der Waals surface area contributed by atoms with E-state index >= 15 is 0 Å². The summed E-state index contributed by atoms with van der Waals surface area (Å²) in [6.07, 6.45) is 2.16. The molecule has 0 aliphatic heterocycles. The maximum absolute atomic E-state index is 5.84. The first kappa shape index (κ1) is 21.7. The summed E-state index contributed by atoms with van der Waals surface area (Å²) in [6, 6.07) is 5.70. The first-order valence-electron chi connectivity index (χ1n) is 9.76. The van der Waals surface area contributed by atoms with E-state index in [2.05, 4.69) is 19.9 Å². The van der Waals surface area contributed by atoms with E-state index in [9.17, 15) is 0 Å². The largest absolute Gasteiger partial charge is 0.496 e. The average Bonchev–Trinajstić information content (AvgIpc) is 2.78. The molecule has 162 valence electrons. The van der Waals surface area contributed by atoms with Gasteiger partial charge in [-0.1, -0.05) is 18.6 Å². The van der Waals surface area contributed by atoms with Crippen LogP contribution in [-0.2, 0) is 0 Å². The Morgan fingerprint density at radius 1 is 0.633 bits per heavy atom. The summed E-state index contributed by atoms with van der Waals surface area (Å²) in [5, 5.41) is 0. The molecule has 0 saturated heterocycles. The van der Waals surface area contributed by atoms with Crippen molar-refractivity contribution in [3.05, 3.63) is 40.5 Å². The van der Waals surface area contributed by atoms with Crippen molar-refractivity contribution in [2.45, 2.75) is 19.8 Å². The second-order valence-corrected chi connectivity index (χ2v) is 7.25. The van der Waals surface area contributed by atoms with E-state index in [1.807, 2.05) is 18.2 Å². The molecule has 0 amide bonds. The van der Waals surface area contributed by atoms with Crippen LogP contribution >= 0.6 is 0 Å². The van der Waals surface area contributed by atoms with Gasteiger partial charge in [0, 0.05) is 34.7 Å². The summed E-state index contributed by atoms with van der Waals surface area (Å²) in [5.74, 6) is 4.12. The normalized spacial score (nSPS) is 17.5. The van der Waals surface area contributed by atoms with E-state index in [0.29, 0.717) is 28.7 Å². The lowest BCUT2D eigenvalue weighted by atomic mass is 9.71. The third kappa shape index (κ3) is 3.40. The molecule has 0 fully saturated rings. The molecule has 0 saturated carbocycles. The number of benzene rings is 2. The van der Waals surface area contributed by atoms with Gasteiger partial charge in [-0.25, -0.2) is 0 Å². The number of allylic oxidation sites excluding steroid dienone is 1. The van der Waals surface area contributed by atoms with Crippen molar-refractivity contribution in [3.8, 4) is 34.5 Å². The Morgan fingerprint density at radius 3 is 1.70 bits per heavy atom. The Bertz CT molecular complexity index is 963. The molecule has 0 N–H and O–H groups in total. The summed E-state index contributed by atoms with van der Waals surface area (Å²) >= 11 is 0. The highest BCUT2D eigenvalue weighted by Crippen LogP contribution is 2.54. The van der Waals surface area contributed by atoms with Crippen molar-refractivity contribution in [1.82, 2.24) is 0 Å². The molecule has 2 atom stereocenters. The maximum atomic E-state index is 5.84. The third-order valence-electron chi connectivity index (χ3n) is 5.90.